The Kier molecular flexibility index (Phi) is 3.47. The molecule has 0 N–H and O–H groups in total. The molecule has 0 atom stereocenters. The molecule has 0 amide bonds. The van der Waals surface area contributed by atoms with Crippen LogP contribution < -0.4 is 9.51 Å². The highest BCUT2D eigenvalue weighted by molar-refractivity contribution is 7.23. The molecule has 0 bridgehead atoms. The molecule has 100 valence electrons. The van der Waals surface area contributed by atoms with Crippen LogP contribution in [-0.2, 0) is 15.7 Å². The molecule has 4 nitrogen and oxygen atoms in total. The molecule has 1 aliphatic rings. The number of hydrogen-bond acceptors (Lipinski definition) is 5. The van der Waals surface area contributed by atoms with Crippen molar-refractivity contribution in [1.29, 1.82) is 0 Å². The Hall–Kier alpha value is -0.585. The van der Waals surface area contributed by atoms with Gasteiger partial charge in [-0.15, -0.1) is 0 Å². The maximum atomic E-state index is 6.04. The molecule has 0 spiro atoms. The number of ether oxygens (including phenoxy) is 1. The number of aryl methyl sites for hydroxylation is 1. The van der Waals surface area contributed by atoms with Crippen molar-refractivity contribution in [2.45, 2.75) is 52.2 Å². The van der Waals surface area contributed by atoms with Gasteiger partial charge in [-0.25, -0.2) is 4.98 Å². The largest absolute Gasteiger partial charge is 0.507 e. The van der Waals surface area contributed by atoms with E-state index >= 15 is 0 Å². The fourth-order valence-electron chi connectivity index (χ4n) is 1.82. The zero-order chi connectivity index (χ0) is 13.6. The zero-order valence-electron chi connectivity index (χ0n) is 11.9. The Bertz CT molecular complexity index is 429. The highest BCUT2D eigenvalue weighted by Gasteiger charge is 2.53. The summed E-state index contributed by atoms with van der Waals surface area (Å²) < 4.78 is 18.3. The van der Waals surface area contributed by atoms with Crippen LogP contribution in [0.3, 0.4) is 0 Å². The molecule has 2 heterocycles. The van der Waals surface area contributed by atoms with Gasteiger partial charge < -0.3 is 14.0 Å². The quantitative estimate of drug-likeness (QED) is 0.787. The van der Waals surface area contributed by atoms with Crippen LogP contribution in [-0.4, -0.2) is 30.4 Å². The molecule has 0 saturated carbocycles. The number of thiazole rings is 1. The van der Waals surface area contributed by atoms with E-state index in [0.29, 0.717) is 5.19 Å². The molecule has 1 fully saturated rings. The summed E-state index contributed by atoms with van der Waals surface area (Å²) in [6.45, 7) is 10.3. The second-order valence-electron chi connectivity index (χ2n) is 5.44. The summed E-state index contributed by atoms with van der Waals surface area (Å²) in [6, 6.07) is 0. The van der Waals surface area contributed by atoms with Gasteiger partial charge in [0.2, 0.25) is 0 Å². The minimum absolute atomic E-state index is 0.320. The maximum absolute atomic E-state index is 6.04. The molecule has 0 aliphatic carbocycles. The van der Waals surface area contributed by atoms with Crippen LogP contribution in [0.1, 0.15) is 40.3 Å². The van der Waals surface area contributed by atoms with Gasteiger partial charge in [0.05, 0.1) is 28.8 Å². The average molecular weight is 269 g/mol. The third-order valence-electron chi connectivity index (χ3n) is 3.68. The first-order chi connectivity index (χ1) is 8.30. The van der Waals surface area contributed by atoms with Crippen LogP contribution >= 0.6 is 11.3 Å². The van der Waals surface area contributed by atoms with E-state index in [1.54, 1.807) is 7.11 Å². The van der Waals surface area contributed by atoms with Crippen LogP contribution in [0.15, 0.2) is 0 Å². The predicted molar refractivity (Wildman–Crippen MR) is 73.8 cm³/mol. The van der Waals surface area contributed by atoms with E-state index < -0.39 is 0 Å². The first kappa shape index (κ1) is 13.8. The Morgan fingerprint density at radius 2 is 1.78 bits per heavy atom. The molecule has 2 rings (SSSR count). The van der Waals surface area contributed by atoms with E-state index in [1.807, 2.05) is 0 Å². The van der Waals surface area contributed by atoms with Gasteiger partial charge in [-0.3, -0.25) is 0 Å². The number of nitrogens with zero attached hydrogens (tertiary/aromatic N) is 1. The minimum Gasteiger partial charge on any atom is -0.473 e. The molecule has 1 aliphatic heterocycles. The highest BCUT2D eigenvalue weighted by atomic mass is 32.1. The Morgan fingerprint density at radius 1 is 1.22 bits per heavy atom. The lowest BCUT2D eigenvalue weighted by Crippen LogP contribution is -2.41. The Morgan fingerprint density at radius 3 is 2.22 bits per heavy atom. The molecule has 18 heavy (non-hydrogen) atoms. The van der Waals surface area contributed by atoms with Crippen LogP contribution in [0, 0.1) is 0 Å². The summed E-state index contributed by atoms with van der Waals surface area (Å²) in [5, 5.41) is 0.663. The zero-order valence-corrected chi connectivity index (χ0v) is 12.7. The SMILES string of the molecule is CCc1nc(OC)sc1B1OC(C)(C)C(C)(C)O1. The van der Waals surface area contributed by atoms with Crippen LogP contribution in [0.25, 0.3) is 0 Å². The van der Waals surface area contributed by atoms with Crippen LogP contribution in [0.4, 0.5) is 0 Å². The maximum Gasteiger partial charge on any atom is 0.507 e. The van der Waals surface area contributed by atoms with E-state index in [1.165, 1.54) is 11.3 Å². The number of hydrogen-bond donors (Lipinski definition) is 0. The molecular formula is C12H20BNO3S. The summed E-state index contributed by atoms with van der Waals surface area (Å²) in [7, 11) is 1.29. The lowest BCUT2D eigenvalue weighted by atomic mass is 9.86. The van der Waals surface area contributed by atoms with Gasteiger partial charge in [0, 0.05) is 0 Å². The lowest BCUT2D eigenvalue weighted by Gasteiger charge is -2.32. The van der Waals surface area contributed by atoms with Crippen molar-refractivity contribution in [2.24, 2.45) is 0 Å². The van der Waals surface area contributed by atoms with Crippen molar-refractivity contribution in [2.75, 3.05) is 7.11 Å². The Labute approximate surface area is 113 Å². The molecule has 6 heteroatoms. The minimum atomic E-state index is -0.341. The molecule has 0 unspecified atom stereocenters. The van der Waals surface area contributed by atoms with E-state index in [9.17, 15) is 0 Å². The summed E-state index contributed by atoms with van der Waals surface area (Å²) >= 11 is 1.50. The van der Waals surface area contributed by atoms with Gasteiger partial charge in [-0.1, -0.05) is 18.3 Å². The molecular weight excluding hydrogens is 249 g/mol. The lowest BCUT2D eigenvalue weighted by molar-refractivity contribution is 0.00578. The summed E-state index contributed by atoms with van der Waals surface area (Å²) in [6.07, 6.45) is 0.846. The van der Waals surface area contributed by atoms with E-state index in [0.717, 1.165) is 16.9 Å². The smallest absolute Gasteiger partial charge is 0.473 e. The van der Waals surface area contributed by atoms with E-state index in [4.69, 9.17) is 14.0 Å². The normalized spacial score (nSPS) is 21.3. The molecule has 1 saturated heterocycles. The molecule has 1 aromatic rings. The standard InChI is InChI=1S/C12H20BNO3S/c1-7-8-9(18-10(14-8)15-6)13-16-11(2,3)12(4,5)17-13/h7H2,1-6H3. The van der Waals surface area contributed by atoms with E-state index in [2.05, 4.69) is 39.6 Å². The van der Waals surface area contributed by atoms with Gasteiger partial charge in [0.25, 0.3) is 5.19 Å². The summed E-state index contributed by atoms with van der Waals surface area (Å²) in [5.74, 6) is 0. The fourth-order valence-corrected chi connectivity index (χ4v) is 2.74. The van der Waals surface area contributed by atoms with Crippen molar-refractivity contribution in [3.05, 3.63) is 5.69 Å². The van der Waals surface area contributed by atoms with Crippen molar-refractivity contribution in [3.63, 3.8) is 0 Å². The van der Waals surface area contributed by atoms with Crippen molar-refractivity contribution < 1.29 is 14.0 Å². The predicted octanol–water partition coefficient (Wildman–Crippen LogP) is 2.01. The molecule has 0 aromatic carbocycles. The molecule has 0 radical (unpaired) electrons. The van der Waals surface area contributed by atoms with Gasteiger partial charge in [-0.2, -0.15) is 0 Å². The van der Waals surface area contributed by atoms with Gasteiger partial charge in [-0.05, 0) is 34.1 Å². The van der Waals surface area contributed by atoms with Crippen molar-refractivity contribution in [1.82, 2.24) is 4.98 Å². The topological polar surface area (TPSA) is 40.6 Å². The number of rotatable bonds is 3. The second-order valence-corrected chi connectivity index (χ2v) is 6.43. The third kappa shape index (κ3) is 2.17. The second kappa shape index (κ2) is 4.51. The summed E-state index contributed by atoms with van der Waals surface area (Å²) in [4.78, 5) is 4.42. The number of methoxy groups -OCH3 is 1. The van der Waals surface area contributed by atoms with Crippen LogP contribution in [0.5, 0.6) is 5.19 Å². The fraction of sp³-hybridized carbons (Fsp3) is 0.750. The first-order valence-electron chi connectivity index (χ1n) is 6.20. The summed E-state index contributed by atoms with van der Waals surface area (Å²) in [5.41, 5.74) is 0.357. The highest BCUT2D eigenvalue weighted by Crippen LogP contribution is 2.37. The van der Waals surface area contributed by atoms with Gasteiger partial charge in [0.15, 0.2) is 0 Å². The van der Waals surface area contributed by atoms with Crippen molar-refractivity contribution >= 4 is 23.2 Å². The first-order valence-corrected chi connectivity index (χ1v) is 7.01. The van der Waals surface area contributed by atoms with Gasteiger partial charge >= 0.3 is 7.12 Å². The van der Waals surface area contributed by atoms with Crippen LogP contribution in [0.2, 0.25) is 0 Å². The average Bonchev–Trinajstić information content (AvgIpc) is 2.78. The molecule has 1 aromatic heterocycles. The number of aromatic nitrogens is 1. The Balaban J connectivity index is 2.31. The van der Waals surface area contributed by atoms with Gasteiger partial charge in [0.1, 0.15) is 0 Å². The van der Waals surface area contributed by atoms with E-state index in [-0.39, 0.29) is 18.3 Å². The van der Waals surface area contributed by atoms with Crippen molar-refractivity contribution in [3.8, 4) is 5.19 Å². The monoisotopic (exact) mass is 269 g/mol. The third-order valence-corrected chi connectivity index (χ3v) is 4.77.